The van der Waals surface area contributed by atoms with Gasteiger partial charge < -0.3 is 4.57 Å². The van der Waals surface area contributed by atoms with E-state index < -0.39 is 0 Å². The predicted octanol–water partition coefficient (Wildman–Crippen LogP) is 3.85. The van der Waals surface area contributed by atoms with Gasteiger partial charge in [0.2, 0.25) is 0 Å². The summed E-state index contributed by atoms with van der Waals surface area (Å²) in [5.74, 6) is 1.25. The van der Waals surface area contributed by atoms with E-state index in [-0.39, 0.29) is 5.82 Å². The van der Waals surface area contributed by atoms with Crippen LogP contribution in [0.15, 0.2) is 60.9 Å². The van der Waals surface area contributed by atoms with E-state index in [1.807, 2.05) is 18.5 Å². The summed E-state index contributed by atoms with van der Waals surface area (Å²) >= 11 is 0. The highest BCUT2D eigenvalue weighted by molar-refractivity contribution is 5.17. The largest absolute Gasteiger partial charge is 0.313 e. The second-order valence-electron chi connectivity index (χ2n) is 7.01. The first kappa shape index (κ1) is 16.9. The second kappa shape index (κ2) is 7.79. The normalized spacial score (nSPS) is 18.1. The average molecular weight is 350 g/mol. The van der Waals surface area contributed by atoms with Gasteiger partial charge in [0.1, 0.15) is 18.0 Å². The van der Waals surface area contributed by atoms with Crippen molar-refractivity contribution in [2.45, 2.75) is 31.8 Å². The van der Waals surface area contributed by atoms with Crippen molar-refractivity contribution >= 4 is 0 Å². The van der Waals surface area contributed by atoms with Crippen molar-refractivity contribution in [2.75, 3.05) is 13.1 Å². The second-order valence-corrected chi connectivity index (χ2v) is 7.01. The molecule has 0 radical (unpaired) electrons. The molecule has 26 heavy (non-hydrogen) atoms. The number of rotatable bonds is 5. The maximum absolute atomic E-state index is 13.4. The van der Waals surface area contributed by atoms with Crippen LogP contribution >= 0.6 is 0 Å². The van der Waals surface area contributed by atoms with Crippen LogP contribution in [0, 0.1) is 5.82 Å². The number of aromatic nitrogens is 3. The number of likely N-dealkylation sites (tertiary alicyclic amines) is 1. The van der Waals surface area contributed by atoms with Crippen LogP contribution in [0.5, 0.6) is 0 Å². The summed E-state index contributed by atoms with van der Waals surface area (Å²) in [6.07, 6.45) is 4.07. The minimum Gasteiger partial charge on any atom is -0.313 e. The van der Waals surface area contributed by atoms with Crippen molar-refractivity contribution in [1.82, 2.24) is 19.7 Å². The van der Waals surface area contributed by atoms with Gasteiger partial charge in [-0.25, -0.2) is 4.39 Å². The number of hydrogen-bond acceptors (Lipinski definition) is 3. The van der Waals surface area contributed by atoms with Gasteiger partial charge in [0, 0.05) is 19.0 Å². The van der Waals surface area contributed by atoms with Gasteiger partial charge in [0.25, 0.3) is 0 Å². The van der Waals surface area contributed by atoms with Crippen LogP contribution in [-0.4, -0.2) is 32.8 Å². The topological polar surface area (TPSA) is 34.0 Å². The Balaban J connectivity index is 1.46. The molecule has 1 aromatic heterocycles. The number of benzene rings is 2. The van der Waals surface area contributed by atoms with E-state index in [2.05, 4.69) is 43.9 Å². The first-order valence-corrected chi connectivity index (χ1v) is 9.16. The van der Waals surface area contributed by atoms with E-state index in [9.17, 15) is 4.39 Å². The summed E-state index contributed by atoms with van der Waals surface area (Å²) < 4.78 is 15.6. The fourth-order valence-electron chi connectivity index (χ4n) is 3.79. The minimum absolute atomic E-state index is 0.168. The molecule has 4 rings (SSSR count). The molecule has 4 nitrogen and oxygen atoms in total. The van der Waals surface area contributed by atoms with Gasteiger partial charge in [-0.3, -0.25) is 4.90 Å². The third-order valence-electron chi connectivity index (χ3n) is 5.01. The Bertz CT molecular complexity index is 846. The van der Waals surface area contributed by atoms with E-state index in [0.717, 1.165) is 50.4 Å². The monoisotopic (exact) mass is 350 g/mol. The van der Waals surface area contributed by atoms with Gasteiger partial charge in [-0.1, -0.05) is 42.5 Å². The molecule has 1 aliphatic rings. The molecule has 134 valence electrons. The first-order valence-electron chi connectivity index (χ1n) is 9.16. The lowest BCUT2D eigenvalue weighted by molar-refractivity contribution is 0.194. The summed E-state index contributed by atoms with van der Waals surface area (Å²) in [6, 6.07) is 17.3. The van der Waals surface area contributed by atoms with Gasteiger partial charge in [-0.15, -0.1) is 10.2 Å². The lowest BCUT2D eigenvalue weighted by Gasteiger charge is -2.32. The zero-order valence-electron chi connectivity index (χ0n) is 14.8. The van der Waals surface area contributed by atoms with Crippen LogP contribution in [0.1, 0.15) is 35.7 Å². The third-order valence-corrected chi connectivity index (χ3v) is 5.01. The van der Waals surface area contributed by atoms with Crippen LogP contribution in [-0.2, 0) is 13.1 Å². The zero-order chi connectivity index (χ0) is 17.8. The molecule has 1 unspecified atom stereocenters. The number of hydrogen-bond donors (Lipinski definition) is 0. The molecule has 1 fully saturated rings. The molecule has 5 heteroatoms. The van der Waals surface area contributed by atoms with Gasteiger partial charge in [0.15, 0.2) is 0 Å². The Labute approximate surface area is 153 Å². The van der Waals surface area contributed by atoms with E-state index in [1.165, 1.54) is 11.6 Å². The fraction of sp³-hybridized carbons (Fsp3) is 0.333. The van der Waals surface area contributed by atoms with E-state index in [1.54, 1.807) is 12.1 Å². The Morgan fingerprint density at radius 1 is 1.00 bits per heavy atom. The van der Waals surface area contributed by atoms with Crippen molar-refractivity contribution in [3.63, 3.8) is 0 Å². The number of halogens is 1. The van der Waals surface area contributed by atoms with Crippen LogP contribution in [0.4, 0.5) is 4.39 Å². The molecule has 0 aliphatic carbocycles. The smallest absolute Gasteiger partial charge is 0.137 e. The molecule has 0 N–H and O–H groups in total. The molecule has 1 aliphatic heterocycles. The molecule has 2 heterocycles. The van der Waals surface area contributed by atoms with E-state index in [4.69, 9.17) is 0 Å². The molecule has 2 aromatic carbocycles. The van der Waals surface area contributed by atoms with Crippen molar-refractivity contribution in [3.05, 3.63) is 83.7 Å². The predicted molar refractivity (Wildman–Crippen MR) is 99.2 cm³/mol. The van der Waals surface area contributed by atoms with Crippen LogP contribution < -0.4 is 0 Å². The molecule has 3 aromatic rings. The molecule has 0 saturated carbocycles. The van der Waals surface area contributed by atoms with Gasteiger partial charge in [-0.2, -0.15) is 0 Å². The van der Waals surface area contributed by atoms with Gasteiger partial charge in [-0.05, 0) is 42.6 Å². The first-order chi connectivity index (χ1) is 12.8. The lowest BCUT2D eigenvalue weighted by atomic mass is 9.96. The van der Waals surface area contributed by atoms with Crippen molar-refractivity contribution in [3.8, 4) is 0 Å². The quantitative estimate of drug-likeness (QED) is 0.701. The standard InChI is InChI=1S/C21H23FN4/c22-20-10-4-8-18(12-20)13-25-11-5-9-19(15-25)21-24-23-16-26(21)14-17-6-2-1-3-7-17/h1-4,6-8,10,12,16,19H,5,9,11,13-15H2. The SMILES string of the molecule is Fc1cccc(CN2CCCC(c3nncn3Cc3ccccc3)C2)c1. The highest BCUT2D eigenvalue weighted by Gasteiger charge is 2.25. The zero-order valence-corrected chi connectivity index (χ0v) is 14.8. The highest BCUT2D eigenvalue weighted by atomic mass is 19.1. The number of piperidine rings is 1. The summed E-state index contributed by atoms with van der Waals surface area (Å²) in [5, 5.41) is 8.58. The van der Waals surface area contributed by atoms with Crippen molar-refractivity contribution < 1.29 is 4.39 Å². The average Bonchev–Trinajstić information content (AvgIpc) is 3.11. The van der Waals surface area contributed by atoms with Crippen molar-refractivity contribution in [2.24, 2.45) is 0 Å². The Morgan fingerprint density at radius 2 is 1.85 bits per heavy atom. The van der Waals surface area contributed by atoms with Gasteiger partial charge in [0.05, 0.1) is 6.54 Å². The fourth-order valence-corrected chi connectivity index (χ4v) is 3.79. The molecule has 1 saturated heterocycles. The summed E-state index contributed by atoms with van der Waals surface area (Å²) in [6.45, 7) is 3.55. The molecule has 0 spiro atoms. The maximum atomic E-state index is 13.4. The molecule has 0 bridgehead atoms. The summed E-state index contributed by atoms with van der Waals surface area (Å²) in [7, 11) is 0. The van der Waals surface area contributed by atoms with E-state index >= 15 is 0 Å². The maximum Gasteiger partial charge on any atom is 0.137 e. The van der Waals surface area contributed by atoms with Crippen LogP contribution in [0.2, 0.25) is 0 Å². The molecular formula is C21H23FN4. The Hall–Kier alpha value is -2.53. The lowest BCUT2D eigenvalue weighted by Crippen LogP contribution is -2.35. The summed E-state index contributed by atoms with van der Waals surface area (Å²) in [5.41, 5.74) is 2.28. The van der Waals surface area contributed by atoms with Crippen LogP contribution in [0.25, 0.3) is 0 Å². The van der Waals surface area contributed by atoms with Crippen LogP contribution in [0.3, 0.4) is 0 Å². The highest BCUT2D eigenvalue weighted by Crippen LogP contribution is 2.27. The third kappa shape index (κ3) is 3.99. The van der Waals surface area contributed by atoms with Crippen molar-refractivity contribution in [1.29, 1.82) is 0 Å². The summed E-state index contributed by atoms with van der Waals surface area (Å²) in [4.78, 5) is 2.39. The number of nitrogens with zero attached hydrogens (tertiary/aromatic N) is 4. The Morgan fingerprint density at radius 3 is 2.69 bits per heavy atom. The minimum atomic E-state index is -0.168. The van der Waals surface area contributed by atoms with E-state index in [0.29, 0.717) is 5.92 Å². The molecule has 0 amide bonds. The van der Waals surface area contributed by atoms with Gasteiger partial charge >= 0.3 is 0 Å². The molecule has 1 atom stereocenters. The molecular weight excluding hydrogens is 327 g/mol. The Kier molecular flexibility index (Phi) is 5.07.